The van der Waals surface area contributed by atoms with Crippen LogP contribution >= 0.6 is 0 Å². The molecule has 0 saturated heterocycles. The van der Waals surface area contributed by atoms with Crippen LogP contribution in [0, 0.1) is 0 Å². The molecule has 0 aromatic heterocycles. The molecular weight excluding hydrogens is 404 g/mol. The minimum atomic E-state index is -3.93. The molecule has 1 aliphatic heterocycles. The molecule has 1 aliphatic rings. The Morgan fingerprint density at radius 2 is 1.73 bits per heavy atom. The highest BCUT2D eigenvalue weighted by Crippen LogP contribution is 2.39. The third kappa shape index (κ3) is 4.00. The number of benzene rings is 2. The molecule has 8 heteroatoms. The molecule has 2 aromatic carbocycles. The van der Waals surface area contributed by atoms with Gasteiger partial charge >= 0.3 is 0 Å². The van der Waals surface area contributed by atoms with E-state index in [1.165, 1.54) is 17.0 Å². The number of allylic oxidation sites excluding steroid dienone is 1. The molecule has 0 unspecified atom stereocenters. The number of carbonyl (C=O) groups excluding carboxylic acids is 1. The predicted molar refractivity (Wildman–Crippen MR) is 118 cm³/mol. The predicted octanol–water partition coefficient (Wildman–Crippen LogP) is 4.05. The van der Waals surface area contributed by atoms with Crippen LogP contribution in [0.5, 0.6) is 11.5 Å². The Morgan fingerprint density at radius 1 is 1.03 bits per heavy atom. The minimum absolute atomic E-state index is 0.0624. The molecule has 160 valence electrons. The summed E-state index contributed by atoms with van der Waals surface area (Å²) < 4.78 is 39.9. The zero-order chi connectivity index (χ0) is 22.1. The number of anilines is 2. The van der Waals surface area contributed by atoms with Gasteiger partial charge < -0.3 is 14.4 Å². The van der Waals surface area contributed by atoms with Crippen molar-refractivity contribution < 1.29 is 22.7 Å². The monoisotopic (exact) mass is 430 g/mol. The van der Waals surface area contributed by atoms with E-state index < -0.39 is 10.0 Å². The van der Waals surface area contributed by atoms with Gasteiger partial charge in [0.25, 0.3) is 15.9 Å². The van der Waals surface area contributed by atoms with Crippen LogP contribution in [-0.2, 0) is 14.8 Å². The zero-order valence-corrected chi connectivity index (χ0v) is 18.6. The Hall–Kier alpha value is -3.00. The number of sulfonamides is 1. The Balaban J connectivity index is 2.03. The van der Waals surface area contributed by atoms with Gasteiger partial charge in [0.1, 0.15) is 11.5 Å². The molecule has 1 amide bonds. The summed E-state index contributed by atoms with van der Waals surface area (Å²) in [6, 6.07) is 9.67. The van der Waals surface area contributed by atoms with Crippen LogP contribution in [0.1, 0.15) is 33.3 Å². The van der Waals surface area contributed by atoms with Gasteiger partial charge in [0, 0.05) is 24.3 Å². The zero-order valence-electron chi connectivity index (χ0n) is 17.8. The van der Waals surface area contributed by atoms with E-state index in [1.807, 2.05) is 27.7 Å². The molecule has 0 saturated carbocycles. The third-order valence-electron chi connectivity index (χ3n) is 4.73. The first-order valence-corrected chi connectivity index (χ1v) is 11.2. The Kier molecular flexibility index (Phi) is 6.07. The summed E-state index contributed by atoms with van der Waals surface area (Å²) in [6.45, 7) is 8.19. The summed E-state index contributed by atoms with van der Waals surface area (Å²) in [4.78, 5) is 14.1. The summed E-state index contributed by atoms with van der Waals surface area (Å²) >= 11 is 0. The molecule has 3 rings (SSSR count). The molecule has 0 radical (unpaired) electrons. The average molecular weight is 431 g/mol. The van der Waals surface area contributed by atoms with Crippen molar-refractivity contribution in [3.8, 4) is 11.5 Å². The van der Waals surface area contributed by atoms with Gasteiger partial charge in [-0.15, -0.1) is 0 Å². The first kappa shape index (κ1) is 21.7. The molecule has 1 heterocycles. The standard InChI is InChI=1S/C22H26N2O5S/c1-6-28-15-8-11-20(29-7-2)18(12-15)23-30(26,27)16-9-10-19-17(13-16)21(14(3)4)22(25)24(19)5/h8-13,23H,6-7H2,1-5H3. The van der Waals surface area contributed by atoms with Crippen molar-refractivity contribution in [3.63, 3.8) is 0 Å². The number of rotatable bonds is 7. The van der Waals surface area contributed by atoms with Gasteiger partial charge in [-0.2, -0.15) is 0 Å². The van der Waals surface area contributed by atoms with E-state index in [0.29, 0.717) is 47.2 Å². The van der Waals surface area contributed by atoms with Crippen LogP contribution in [0.15, 0.2) is 46.9 Å². The maximum absolute atomic E-state index is 13.1. The fourth-order valence-corrected chi connectivity index (χ4v) is 4.47. The number of hydrogen-bond donors (Lipinski definition) is 1. The SMILES string of the molecule is CCOc1ccc(OCC)c(NS(=O)(=O)c2ccc3c(c2)C(=C(C)C)C(=O)N3C)c1. The molecular formula is C22H26N2O5S. The molecule has 0 fully saturated rings. The normalized spacial score (nSPS) is 13.3. The Labute approximate surface area is 177 Å². The smallest absolute Gasteiger partial charge is 0.262 e. The summed E-state index contributed by atoms with van der Waals surface area (Å²) in [7, 11) is -2.25. The number of amides is 1. The Morgan fingerprint density at radius 3 is 2.37 bits per heavy atom. The third-order valence-corrected chi connectivity index (χ3v) is 6.10. The van der Waals surface area contributed by atoms with Crippen LogP contribution in [-0.4, -0.2) is 34.6 Å². The van der Waals surface area contributed by atoms with Crippen molar-refractivity contribution in [2.75, 3.05) is 29.9 Å². The number of hydrogen-bond acceptors (Lipinski definition) is 5. The number of ether oxygens (including phenoxy) is 2. The lowest BCUT2D eigenvalue weighted by Crippen LogP contribution is -2.20. The van der Waals surface area contributed by atoms with Crippen molar-refractivity contribution in [2.24, 2.45) is 0 Å². The van der Waals surface area contributed by atoms with E-state index >= 15 is 0 Å². The summed E-state index contributed by atoms with van der Waals surface area (Å²) in [5.41, 5.74) is 2.94. The van der Waals surface area contributed by atoms with Crippen molar-refractivity contribution in [3.05, 3.63) is 47.5 Å². The van der Waals surface area contributed by atoms with E-state index in [9.17, 15) is 13.2 Å². The topological polar surface area (TPSA) is 84.9 Å². The fourth-order valence-electron chi connectivity index (χ4n) is 3.38. The van der Waals surface area contributed by atoms with E-state index in [1.54, 1.807) is 31.3 Å². The van der Waals surface area contributed by atoms with E-state index in [2.05, 4.69) is 4.72 Å². The molecule has 30 heavy (non-hydrogen) atoms. The second kappa shape index (κ2) is 8.39. The van der Waals surface area contributed by atoms with Gasteiger partial charge in [-0.05, 0) is 58.0 Å². The van der Waals surface area contributed by atoms with E-state index in [0.717, 1.165) is 5.57 Å². The van der Waals surface area contributed by atoms with Crippen LogP contribution in [0.4, 0.5) is 11.4 Å². The van der Waals surface area contributed by atoms with Gasteiger partial charge in [-0.3, -0.25) is 9.52 Å². The summed E-state index contributed by atoms with van der Waals surface area (Å²) in [6.07, 6.45) is 0. The minimum Gasteiger partial charge on any atom is -0.494 e. The van der Waals surface area contributed by atoms with Gasteiger partial charge in [-0.25, -0.2) is 8.42 Å². The van der Waals surface area contributed by atoms with E-state index in [4.69, 9.17) is 9.47 Å². The van der Waals surface area contributed by atoms with Crippen LogP contribution in [0.2, 0.25) is 0 Å². The number of carbonyl (C=O) groups is 1. The largest absolute Gasteiger partial charge is 0.494 e. The quantitative estimate of drug-likeness (QED) is 0.670. The molecule has 0 atom stereocenters. The van der Waals surface area contributed by atoms with Crippen molar-refractivity contribution in [1.29, 1.82) is 0 Å². The van der Waals surface area contributed by atoms with Crippen molar-refractivity contribution in [2.45, 2.75) is 32.6 Å². The maximum Gasteiger partial charge on any atom is 0.262 e. The van der Waals surface area contributed by atoms with Crippen LogP contribution < -0.4 is 19.1 Å². The number of likely N-dealkylation sites (N-methyl/N-ethyl adjacent to an activating group) is 1. The fraction of sp³-hybridized carbons (Fsp3) is 0.318. The molecule has 1 N–H and O–H groups in total. The summed E-state index contributed by atoms with van der Waals surface area (Å²) in [5, 5.41) is 0. The first-order chi connectivity index (χ1) is 14.2. The lowest BCUT2D eigenvalue weighted by atomic mass is 10.0. The maximum atomic E-state index is 13.1. The van der Waals surface area contributed by atoms with Crippen LogP contribution in [0.3, 0.4) is 0 Å². The van der Waals surface area contributed by atoms with Crippen molar-refractivity contribution >= 4 is 32.9 Å². The number of nitrogens with one attached hydrogen (secondary N) is 1. The molecule has 0 aliphatic carbocycles. The number of fused-ring (bicyclic) bond motifs is 1. The van der Waals surface area contributed by atoms with Gasteiger partial charge in [0.15, 0.2) is 0 Å². The molecule has 2 aromatic rings. The van der Waals surface area contributed by atoms with Crippen molar-refractivity contribution in [1.82, 2.24) is 0 Å². The molecule has 0 spiro atoms. The van der Waals surface area contributed by atoms with Gasteiger partial charge in [0.05, 0.1) is 29.5 Å². The van der Waals surface area contributed by atoms with E-state index in [-0.39, 0.29) is 10.8 Å². The van der Waals surface area contributed by atoms with Gasteiger partial charge in [-0.1, -0.05) is 5.57 Å². The second-order valence-electron chi connectivity index (χ2n) is 7.05. The molecule has 0 bridgehead atoms. The van der Waals surface area contributed by atoms with Gasteiger partial charge in [0.2, 0.25) is 0 Å². The highest BCUT2D eigenvalue weighted by Gasteiger charge is 2.32. The lowest BCUT2D eigenvalue weighted by molar-refractivity contribution is -0.112. The Bertz CT molecular complexity index is 1120. The summed E-state index contributed by atoms with van der Waals surface area (Å²) in [5.74, 6) is 0.799. The average Bonchev–Trinajstić information content (AvgIpc) is 2.94. The van der Waals surface area contributed by atoms with Crippen LogP contribution in [0.25, 0.3) is 5.57 Å². The number of nitrogens with zero attached hydrogens (tertiary/aromatic N) is 1. The second-order valence-corrected chi connectivity index (χ2v) is 8.73. The molecule has 7 nitrogen and oxygen atoms in total. The highest BCUT2D eigenvalue weighted by molar-refractivity contribution is 7.92. The first-order valence-electron chi connectivity index (χ1n) is 9.72. The highest BCUT2D eigenvalue weighted by atomic mass is 32.2. The lowest BCUT2D eigenvalue weighted by Gasteiger charge is -2.15.